The minimum atomic E-state index is -0.558. The summed E-state index contributed by atoms with van der Waals surface area (Å²) in [5.74, 6) is -0.558. The van der Waals surface area contributed by atoms with Crippen molar-refractivity contribution in [3.8, 4) is 16.9 Å². The fraction of sp³-hybridized carbons (Fsp3) is 0.409. The van der Waals surface area contributed by atoms with Crippen LogP contribution < -0.4 is 10.6 Å². The summed E-state index contributed by atoms with van der Waals surface area (Å²) in [6.07, 6.45) is 5.51. The topological polar surface area (TPSA) is 115 Å². The molecule has 1 amide bonds. The second-order valence-electron chi connectivity index (χ2n) is 7.67. The highest BCUT2D eigenvalue weighted by atomic mass is 16.5. The zero-order chi connectivity index (χ0) is 22.5. The molecule has 3 aromatic rings. The Hall–Kier alpha value is -3.37. The zero-order valence-corrected chi connectivity index (χ0v) is 18.4. The summed E-state index contributed by atoms with van der Waals surface area (Å²) in [6, 6.07) is 5.45. The molecular weight excluding hydrogens is 408 g/mol. The normalized spacial score (nSPS) is 14.6. The molecule has 1 aliphatic heterocycles. The van der Waals surface area contributed by atoms with E-state index in [0.29, 0.717) is 11.4 Å². The first-order valence-corrected chi connectivity index (χ1v) is 10.8. The van der Waals surface area contributed by atoms with Crippen LogP contribution in [0.25, 0.3) is 16.9 Å². The number of aryl methyl sites for hydroxylation is 1. The number of anilines is 1. The molecule has 0 saturated carbocycles. The lowest BCUT2D eigenvalue weighted by Gasteiger charge is -2.35. The van der Waals surface area contributed by atoms with Gasteiger partial charge in [-0.3, -0.25) is 14.7 Å². The van der Waals surface area contributed by atoms with Crippen LogP contribution in [-0.4, -0.2) is 81.7 Å². The van der Waals surface area contributed by atoms with Gasteiger partial charge in [0.1, 0.15) is 11.4 Å². The third kappa shape index (κ3) is 4.92. The van der Waals surface area contributed by atoms with Crippen LogP contribution in [0.15, 0.2) is 36.8 Å². The molecule has 168 valence electrons. The molecule has 0 radical (unpaired) electrons. The van der Waals surface area contributed by atoms with Crippen molar-refractivity contribution in [1.29, 1.82) is 0 Å². The van der Waals surface area contributed by atoms with Crippen molar-refractivity contribution in [3.05, 3.63) is 48.2 Å². The largest absolute Gasteiger partial charge is 0.380 e. The average Bonchev–Trinajstić information content (AvgIpc) is 3.30. The number of primary amides is 1. The van der Waals surface area contributed by atoms with Crippen molar-refractivity contribution in [2.75, 3.05) is 50.8 Å². The zero-order valence-electron chi connectivity index (χ0n) is 18.4. The van der Waals surface area contributed by atoms with Crippen LogP contribution in [0.3, 0.4) is 0 Å². The molecule has 10 heteroatoms. The summed E-state index contributed by atoms with van der Waals surface area (Å²) in [5, 5.41) is 8.55. The van der Waals surface area contributed by atoms with Crippen molar-refractivity contribution in [2.45, 2.75) is 13.8 Å². The lowest BCUT2D eigenvalue weighted by molar-refractivity contribution is 0.0995. The van der Waals surface area contributed by atoms with Crippen molar-refractivity contribution < 1.29 is 9.53 Å². The molecule has 1 aliphatic rings. The van der Waals surface area contributed by atoms with Gasteiger partial charge >= 0.3 is 0 Å². The van der Waals surface area contributed by atoms with E-state index in [9.17, 15) is 4.79 Å². The van der Waals surface area contributed by atoms with E-state index in [-0.39, 0.29) is 5.69 Å². The quantitative estimate of drug-likeness (QED) is 0.525. The van der Waals surface area contributed by atoms with Crippen molar-refractivity contribution in [2.24, 2.45) is 5.73 Å². The first kappa shape index (κ1) is 21.8. The molecule has 10 nitrogen and oxygen atoms in total. The van der Waals surface area contributed by atoms with E-state index in [1.165, 1.54) is 0 Å². The summed E-state index contributed by atoms with van der Waals surface area (Å²) in [5.41, 5.74) is 9.60. The summed E-state index contributed by atoms with van der Waals surface area (Å²) >= 11 is 0. The Balaban J connectivity index is 1.46. The number of amides is 1. The first-order valence-electron chi connectivity index (χ1n) is 10.8. The molecule has 32 heavy (non-hydrogen) atoms. The Morgan fingerprint density at radius 2 is 2.00 bits per heavy atom. The molecule has 0 spiro atoms. The van der Waals surface area contributed by atoms with E-state index in [1.807, 2.05) is 19.3 Å². The highest BCUT2D eigenvalue weighted by Gasteiger charge is 2.18. The fourth-order valence-corrected chi connectivity index (χ4v) is 3.76. The highest BCUT2D eigenvalue weighted by molar-refractivity contribution is 5.90. The number of nitrogens with zero attached hydrogens (tertiary/aromatic N) is 7. The van der Waals surface area contributed by atoms with Crippen LogP contribution in [-0.2, 0) is 4.74 Å². The summed E-state index contributed by atoms with van der Waals surface area (Å²) in [7, 11) is 0. The number of carbonyl (C=O) groups is 1. The third-order valence-electron chi connectivity index (χ3n) is 5.56. The van der Waals surface area contributed by atoms with Gasteiger partial charge in [-0.25, -0.2) is 9.67 Å². The molecule has 0 bridgehead atoms. The van der Waals surface area contributed by atoms with Crippen LogP contribution in [0.5, 0.6) is 0 Å². The van der Waals surface area contributed by atoms with E-state index in [4.69, 9.17) is 10.5 Å². The van der Waals surface area contributed by atoms with Gasteiger partial charge in [-0.15, -0.1) is 5.10 Å². The minimum absolute atomic E-state index is 0.224. The lowest BCUT2D eigenvalue weighted by Crippen LogP contribution is -2.47. The second-order valence-corrected chi connectivity index (χ2v) is 7.67. The first-order chi connectivity index (χ1) is 15.5. The number of ether oxygens (including phenoxy) is 1. The van der Waals surface area contributed by atoms with Gasteiger partial charge in [-0.1, -0.05) is 5.21 Å². The van der Waals surface area contributed by atoms with Gasteiger partial charge in [0.2, 0.25) is 0 Å². The summed E-state index contributed by atoms with van der Waals surface area (Å²) in [4.78, 5) is 24.8. The average molecular weight is 437 g/mol. The molecule has 4 rings (SSSR count). The maximum absolute atomic E-state index is 11.3. The Morgan fingerprint density at radius 1 is 1.19 bits per heavy atom. The summed E-state index contributed by atoms with van der Waals surface area (Å²) in [6.45, 7) is 10.2. The number of nitrogens with two attached hydrogens (primary N) is 1. The fourth-order valence-electron chi connectivity index (χ4n) is 3.76. The van der Waals surface area contributed by atoms with Crippen molar-refractivity contribution >= 4 is 11.6 Å². The number of hydrogen-bond acceptors (Lipinski definition) is 8. The van der Waals surface area contributed by atoms with Gasteiger partial charge in [0.05, 0.1) is 36.1 Å². The second kappa shape index (κ2) is 9.84. The number of piperazine rings is 1. The summed E-state index contributed by atoms with van der Waals surface area (Å²) < 4.78 is 7.11. The lowest BCUT2D eigenvalue weighted by atomic mass is 10.2. The molecule has 2 N–H and O–H groups in total. The van der Waals surface area contributed by atoms with Gasteiger partial charge in [0, 0.05) is 51.1 Å². The monoisotopic (exact) mass is 436 g/mol. The molecule has 4 heterocycles. The standard InChI is InChI=1S/C22H28N8O2/c1-3-32-11-10-28-6-8-29(9-7-28)18-12-17(13-24-14-18)20-15-30(27-26-20)21-5-4-19(22(23)31)25-16(21)2/h4-5,12-15H,3,6-11H2,1-2H3,(H2,23,31). The molecule has 0 atom stereocenters. The van der Waals surface area contributed by atoms with Crippen LogP contribution >= 0.6 is 0 Å². The smallest absolute Gasteiger partial charge is 0.267 e. The minimum Gasteiger partial charge on any atom is -0.380 e. The number of rotatable bonds is 8. The predicted molar refractivity (Wildman–Crippen MR) is 121 cm³/mol. The van der Waals surface area contributed by atoms with Crippen molar-refractivity contribution in [1.82, 2.24) is 29.9 Å². The Bertz CT molecular complexity index is 1080. The van der Waals surface area contributed by atoms with Gasteiger partial charge in [-0.2, -0.15) is 0 Å². The Kier molecular flexibility index (Phi) is 6.72. The molecule has 3 aromatic heterocycles. The number of hydrogen-bond donors (Lipinski definition) is 1. The van der Waals surface area contributed by atoms with E-state index in [2.05, 4.69) is 36.1 Å². The molecule has 0 aliphatic carbocycles. The van der Waals surface area contributed by atoms with E-state index in [0.717, 1.165) is 62.9 Å². The number of pyridine rings is 2. The maximum Gasteiger partial charge on any atom is 0.267 e. The van der Waals surface area contributed by atoms with Crippen LogP contribution in [0, 0.1) is 6.92 Å². The maximum atomic E-state index is 11.3. The van der Waals surface area contributed by atoms with Gasteiger partial charge < -0.3 is 15.4 Å². The SMILES string of the molecule is CCOCCN1CCN(c2cncc(-c3cn(-c4ccc(C(N)=O)nc4C)nn3)c2)CC1. The Morgan fingerprint density at radius 3 is 2.72 bits per heavy atom. The predicted octanol–water partition coefficient (Wildman–Crippen LogP) is 1.29. The molecule has 1 fully saturated rings. The molecular formula is C22H28N8O2. The third-order valence-corrected chi connectivity index (χ3v) is 5.56. The molecule has 0 aromatic carbocycles. The van der Waals surface area contributed by atoms with E-state index < -0.39 is 5.91 Å². The van der Waals surface area contributed by atoms with Crippen LogP contribution in [0.4, 0.5) is 5.69 Å². The molecule has 0 unspecified atom stereocenters. The Labute approximate surface area is 187 Å². The van der Waals surface area contributed by atoms with Gasteiger partial charge in [0.15, 0.2) is 0 Å². The number of carbonyl (C=O) groups excluding carboxylic acids is 1. The highest BCUT2D eigenvalue weighted by Crippen LogP contribution is 2.24. The van der Waals surface area contributed by atoms with Gasteiger partial charge in [-0.05, 0) is 32.0 Å². The molecule has 1 saturated heterocycles. The van der Waals surface area contributed by atoms with Crippen LogP contribution in [0.1, 0.15) is 23.1 Å². The van der Waals surface area contributed by atoms with Crippen LogP contribution in [0.2, 0.25) is 0 Å². The van der Waals surface area contributed by atoms with E-state index in [1.54, 1.807) is 29.9 Å². The van der Waals surface area contributed by atoms with E-state index >= 15 is 0 Å². The number of aromatic nitrogens is 5. The van der Waals surface area contributed by atoms with Gasteiger partial charge in [0.25, 0.3) is 5.91 Å². The van der Waals surface area contributed by atoms with Crippen molar-refractivity contribution in [3.63, 3.8) is 0 Å².